The molecule has 0 rings (SSSR count). The van der Waals surface area contributed by atoms with Gasteiger partial charge in [0.2, 0.25) is 10.0 Å². The van der Waals surface area contributed by atoms with Crippen LogP contribution in [-0.4, -0.2) is 55.6 Å². The zero-order chi connectivity index (χ0) is 13.6. The number of sulfonamides is 1. The van der Waals surface area contributed by atoms with Crippen LogP contribution in [0.1, 0.15) is 13.3 Å². The molecule has 9 heteroatoms. The van der Waals surface area contributed by atoms with Crippen molar-refractivity contribution in [3.05, 3.63) is 0 Å². The van der Waals surface area contributed by atoms with Gasteiger partial charge in [0, 0.05) is 6.61 Å². The Morgan fingerprint density at radius 1 is 1.41 bits per heavy atom. The third kappa shape index (κ3) is 4.67. The van der Waals surface area contributed by atoms with Gasteiger partial charge in [-0.3, -0.25) is 9.59 Å². The minimum atomic E-state index is -4.15. The fraction of sp³-hybridized carbons (Fsp3) is 0.750. The first-order valence-electron chi connectivity index (χ1n) is 4.69. The molecule has 0 bridgehead atoms. The molecule has 0 aliphatic carbocycles. The van der Waals surface area contributed by atoms with E-state index in [1.54, 1.807) is 0 Å². The molecule has 17 heavy (non-hydrogen) atoms. The van der Waals surface area contributed by atoms with Gasteiger partial charge >= 0.3 is 11.9 Å². The summed E-state index contributed by atoms with van der Waals surface area (Å²) in [5.74, 6) is -2.43. The molecule has 8 nitrogen and oxygen atoms in total. The third-order valence-corrected chi connectivity index (χ3v) is 3.76. The molecule has 1 unspecified atom stereocenters. The van der Waals surface area contributed by atoms with Crippen molar-refractivity contribution in [2.24, 2.45) is 0 Å². The highest BCUT2D eigenvalue weighted by Crippen LogP contribution is 2.04. The summed E-state index contributed by atoms with van der Waals surface area (Å²) in [4.78, 5) is 21.7. The lowest BCUT2D eigenvalue weighted by Crippen LogP contribution is -2.47. The van der Waals surface area contributed by atoms with Crippen molar-refractivity contribution in [2.45, 2.75) is 24.6 Å². The Bertz CT molecular complexity index is 377. The molecule has 0 aliphatic rings. The van der Waals surface area contributed by atoms with Crippen LogP contribution < -0.4 is 4.72 Å². The van der Waals surface area contributed by atoms with Crippen LogP contribution in [-0.2, 0) is 24.3 Å². The van der Waals surface area contributed by atoms with Crippen molar-refractivity contribution in [3.8, 4) is 0 Å². The maximum atomic E-state index is 11.6. The largest absolute Gasteiger partial charge is 0.480 e. The maximum absolute atomic E-state index is 11.6. The molecule has 0 aliphatic heterocycles. The van der Waals surface area contributed by atoms with E-state index in [9.17, 15) is 18.0 Å². The van der Waals surface area contributed by atoms with Crippen molar-refractivity contribution in [2.75, 3.05) is 13.7 Å². The number of carbonyl (C=O) groups excluding carboxylic acids is 1. The van der Waals surface area contributed by atoms with Crippen molar-refractivity contribution in [3.63, 3.8) is 0 Å². The number of carboxylic acid groups (broad SMARTS) is 1. The number of aliphatic hydroxyl groups is 1. The van der Waals surface area contributed by atoms with Gasteiger partial charge in [-0.2, -0.15) is 0 Å². The summed E-state index contributed by atoms with van der Waals surface area (Å²) in [6, 6.07) is -1.47. The topological polar surface area (TPSA) is 130 Å². The van der Waals surface area contributed by atoms with Gasteiger partial charge in [-0.25, -0.2) is 13.1 Å². The second kappa shape index (κ2) is 6.52. The van der Waals surface area contributed by atoms with E-state index in [1.165, 1.54) is 0 Å². The summed E-state index contributed by atoms with van der Waals surface area (Å²) in [5, 5.41) is 15.8. The van der Waals surface area contributed by atoms with E-state index in [2.05, 4.69) is 4.74 Å². The van der Waals surface area contributed by atoms with Gasteiger partial charge in [0.25, 0.3) is 0 Å². The molecule has 0 aromatic heterocycles. The molecule has 0 fully saturated rings. The van der Waals surface area contributed by atoms with E-state index in [1.807, 2.05) is 4.72 Å². The minimum absolute atomic E-state index is 0.289. The Hall–Kier alpha value is -1.19. The number of carbonyl (C=O) groups is 2. The second-order valence-electron chi connectivity index (χ2n) is 3.23. The maximum Gasteiger partial charge on any atom is 0.325 e. The molecule has 0 heterocycles. The number of aliphatic carboxylic acids is 1. The molecule has 3 N–H and O–H groups in total. The first-order chi connectivity index (χ1) is 7.76. The SMILES string of the molecule is COC(=O)C(C)S(=O)(=O)N[C@H](CCO)C(=O)O. The van der Waals surface area contributed by atoms with Gasteiger partial charge in [-0.1, -0.05) is 0 Å². The summed E-state index contributed by atoms with van der Waals surface area (Å²) in [5.41, 5.74) is 0. The van der Waals surface area contributed by atoms with E-state index < -0.39 is 39.9 Å². The van der Waals surface area contributed by atoms with Crippen LogP contribution in [0.3, 0.4) is 0 Å². The number of carboxylic acids is 1. The first-order valence-corrected chi connectivity index (χ1v) is 6.23. The zero-order valence-electron chi connectivity index (χ0n) is 9.41. The Labute approximate surface area is 98.6 Å². The fourth-order valence-corrected chi connectivity index (χ4v) is 2.12. The van der Waals surface area contributed by atoms with Crippen molar-refractivity contribution < 1.29 is 33.0 Å². The smallest absolute Gasteiger partial charge is 0.325 e. The molecule has 0 spiro atoms. The van der Waals surface area contributed by atoms with Crippen molar-refractivity contribution >= 4 is 22.0 Å². The van der Waals surface area contributed by atoms with Gasteiger partial charge in [0.05, 0.1) is 7.11 Å². The number of esters is 1. The van der Waals surface area contributed by atoms with Gasteiger partial charge in [0.1, 0.15) is 6.04 Å². The van der Waals surface area contributed by atoms with Crippen LogP contribution in [0, 0.1) is 0 Å². The van der Waals surface area contributed by atoms with E-state index in [0.717, 1.165) is 14.0 Å². The zero-order valence-corrected chi connectivity index (χ0v) is 10.2. The summed E-state index contributed by atoms with van der Waals surface area (Å²) >= 11 is 0. The number of rotatable bonds is 7. The van der Waals surface area contributed by atoms with E-state index in [4.69, 9.17) is 10.2 Å². The molecular formula is C8H15NO7S. The summed E-state index contributed by atoms with van der Waals surface area (Å²) in [6.45, 7) is 0.581. The van der Waals surface area contributed by atoms with Crippen LogP contribution in [0.5, 0.6) is 0 Å². The number of hydrogen-bond acceptors (Lipinski definition) is 6. The molecule has 0 saturated heterocycles. The predicted octanol–water partition coefficient (Wildman–Crippen LogP) is -1.70. The monoisotopic (exact) mass is 269 g/mol. The van der Waals surface area contributed by atoms with Crippen LogP contribution in [0.15, 0.2) is 0 Å². The van der Waals surface area contributed by atoms with Crippen LogP contribution in [0.25, 0.3) is 0 Å². The van der Waals surface area contributed by atoms with Crippen LogP contribution >= 0.6 is 0 Å². The number of hydrogen-bond donors (Lipinski definition) is 3. The average Bonchev–Trinajstić information content (AvgIpc) is 2.26. The predicted molar refractivity (Wildman–Crippen MR) is 56.7 cm³/mol. The Morgan fingerprint density at radius 2 is 1.94 bits per heavy atom. The molecule has 0 aromatic carbocycles. The first kappa shape index (κ1) is 15.8. The highest BCUT2D eigenvalue weighted by Gasteiger charge is 2.32. The van der Waals surface area contributed by atoms with Gasteiger partial charge in [-0.15, -0.1) is 0 Å². The number of methoxy groups -OCH3 is 1. The lowest BCUT2D eigenvalue weighted by molar-refractivity contribution is -0.141. The number of aliphatic hydroxyl groups excluding tert-OH is 1. The van der Waals surface area contributed by atoms with Crippen molar-refractivity contribution in [1.82, 2.24) is 4.72 Å². The second-order valence-corrected chi connectivity index (χ2v) is 5.26. The van der Waals surface area contributed by atoms with Crippen LogP contribution in [0.4, 0.5) is 0 Å². The molecule has 100 valence electrons. The molecule has 2 atom stereocenters. The summed E-state index contributed by atoms with van der Waals surface area (Å²) in [6.07, 6.45) is -0.289. The Balaban J connectivity index is 4.83. The minimum Gasteiger partial charge on any atom is -0.480 e. The standard InChI is InChI=1S/C8H15NO7S/c1-5(8(13)16-2)17(14,15)9-6(3-4-10)7(11)12/h5-6,9-10H,3-4H2,1-2H3,(H,11,12)/t5?,6-/m1/s1. The molecule has 0 aromatic rings. The number of ether oxygens (including phenoxy) is 1. The van der Waals surface area contributed by atoms with Gasteiger partial charge in [-0.05, 0) is 13.3 Å². The van der Waals surface area contributed by atoms with Gasteiger partial charge < -0.3 is 14.9 Å². The van der Waals surface area contributed by atoms with E-state index in [0.29, 0.717) is 0 Å². The lowest BCUT2D eigenvalue weighted by atomic mass is 10.2. The molecular weight excluding hydrogens is 254 g/mol. The Kier molecular flexibility index (Phi) is 6.07. The quantitative estimate of drug-likeness (QED) is 0.470. The number of nitrogens with one attached hydrogen (secondary N) is 1. The van der Waals surface area contributed by atoms with Crippen molar-refractivity contribution in [1.29, 1.82) is 0 Å². The highest BCUT2D eigenvalue weighted by molar-refractivity contribution is 7.90. The summed E-state index contributed by atoms with van der Waals surface area (Å²) < 4.78 is 29.2. The van der Waals surface area contributed by atoms with E-state index >= 15 is 0 Å². The fourth-order valence-electron chi connectivity index (χ4n) is 0.955. The van der Waals surface area contributed by atoms with Crippen LogP contribution in [0.2, 0.25) is 0 Å². The summed E-state index contributed by atoms with van der Waals surface area (Å²) in [7, 11) is -3.13. The lowest BCUT2D eigenvalue weighted by Gasteiger charge is -2.16. The molecule has 0 radical (unpaired) electrons. The molecule has 0 saturated carbocycles. The van der Waals surface area contributed by atoms with E-state index in [-0.39, 0.29) is 6.42 Å². The average molecular weight is 269 g/mol. The molecule has 0 amide bonds. The highest BCUT2D eigenvalue weighted by atomic mass is 32.2. The normalized spacial score (nSPS) is 15.0. The Morgan fingerprint density at radius 3 is 2.29 bits per heavy atom. The third-order valence-electron chi connectivity index (χ3n) is 2.02. The van der Waals surface area contributed by atoms with Gasteiger partial charge in [0.15, 0.2) is 5.25 Å².